The zero-order chi connectivity index (χ0) is 8.58. The van der Waals surface area contributed by atoms with Gasteiger partial charge in [0.05, 0.1) is 15.5 Å². The van der Waals surface area contributed by atoms with E-state index in [1.807, 2.05) is 0 Å². The number of hydrogen-bond donors (Lipinski definition) is 0. The molecule has 10 heavy (non-hydrogen) atoms. The summed E-state index contributed by atoms with van der Waals surface area (Å²) in [5.41, 5.74) is 0. The molecule has 0 radical (unpaired) electrons. The molecule has 62 valence electrons. The lowest BCUT2D eigenvalue weighted by molar-refractivity contribution is -0.150. The topological polar surface area (TPSA) is 23.1 Å². The second kappa shape index (κ2) is 3.05. The van der Waals surface area contributed by atoms with Gasteiger partial charge in [-0.2, -0.15) is 0 Å². The Balaban J connectivity index is 4.23. The van der Waals surface area contributed by atoms with Crippen LogP contribution in [0, 0.1) is 0 Å². The van der Waals surface area contributed by atoms with E-state index >= 15 is 0 Å². The van der Waals surface area contributed by atoms with Crippen molar-refractivity contribution >= 4 is 22.7 Å². The van der Waals surface area contributed by atoms with Crippen molar-refractivity contribution in [3.8, 4) is 0 Å². The maximum atomic E-state index is 11.8. The average molecular weight is 193 g/mol. The quantitative estimate of drug-likeness (QED) is 0.488. The smallest absolute Gasteiger partial charge is 0.0517 e. The molecule has 0 rings (SSSR count). The van der Waals surface area contributed by atoms with E-state index < -0.39 is 22.7 Å². The van der Waals surface area contributed by atoms with Gasteiger partial charge in [-0.15, -0.1) is 0 Å². The Morgan fingerprint density at radius 1 is 0.800 bits per heavy atom. The van der Waals surface area contributed by atoms with E-state index in [-0.39, 0.29) is 0 Å². The Hall–Kier alpha value is 0.824. The number of rotatable bonds is 2. The molecule has 0 saturated carbocycles. The molecule has 1 nitrogen and oxygen atoms in total. The minimum Gasteiger partial charge on any atom is -0.835 e. The molecule has 0 unspecified atom stereocenters. The van der Waals surface area contributed by atoms with Crippen LogP contribution < -0.4 is 4.89 Å². The van der Waals surface area contributed by atoms with Crippen LogP contribution in [0.3, 0.4) is 0 Å². The first-order chi connectivity index (χ1) is 4.15. The molecular weight excluding hydrogens is 175 g/mol. The summed E-state index contributed by atoms with van der Waals surface area (Å²) in [6.45, 7) is 13.2. The minimum absolute atomic E-state index is 0.835. The lowest BCUT2D eigenvalue weighted by atomic mass is 11.8. The molecule has 0 aromatic heterocycles. The molecule has 0 bridgehead atoms. The van der Waals surface area contributed by atoms with Crippen molar-refractivity contribution < 1.29 is 4.89 Å². The van der Waals surface area contributed by atoms with Crippen LogP contribution in [-0.4, -0.2) is 15.5 Å². The van der Waals surface area contributed by atoms with Crippen molar-refractivity contribution in [3.63, 3.8) is 0 Å². The third-order valence-electron chi connectivity index (χ3n) is 1.22. The van der Waals surface area contributed by atoms with Crippen LogP contribution >= 0.6 is 7.24 Å². The first kappa shape index (κ1) is 10.8. The Labute approximate surface area is 67.4 Å². The summed E-state index contributed by atoms with van der Waals surface area (Å²) in [7, 11) is -3.48. The zero-order valence-electron chi connectivity index (χ0n) is 7.86. The van der Waals surface area contributed by atoms with E-state index in [9.17, 15) is 4.89 Å². The molecule has 0 aliphatic carbocycles. The van der Waals surface area contributed by atoms with E-state index in [0.29, 0.717) is 0 Å². The highest BCUT2D eigenvalue weighted by Gasteiger charge is 2.27. The Morgan fingerprint density at radius 2 is 1.00 bits per heavy atom. The summed E-state index contributed by atoms with van der Waals surface area (Å²) >= 11 is 0. The van der Waals surface area contributed by atoms with Gasteiger partial charge in [-0.05, 0) is 0 Å². The Kier molecular flexibility index (Phi) is 3.31. The van der Waals surface area contributed by atoms with Gasteiger partial charge in [0.25, 0.3) is 0 Å². The van der Waals surface area contributed by atoms with Crippen LogP contribution in [0.15, 0.2) is 0 Å². The van der Waals surface area contributed by atoms with E-state index in [1.54, 1.807) is 0 Å². The maximum absolute atomic E-state index is 11.8. The third kappa shape index (κ3) is 3.28. The van der Waals surface area contributed by atoms with Crippen LogP contribution in [0.2, 0.25) is 39.3 Å². The summed E-state index contributed by atoms with van der Waals surface area (Å²) in [6, 6.07) is 0. The fourth-order valence-electron chi connectivity index (χ4n) is 1.01. The van der Waals surface area contributed by atoms with Crippen LogP contribution in [0.5, 0.6) is 0 Å². The van der Waals surface area contributed by atoms with Gasteiger partial charge in [-0.1, -0.05) is 39.3 Å². The van der Waals surface area contributed by atoms with Crippen molar-refractivity contribution in [1.82, 2.24) is 0 Å². The van der Waals surface area contributed by atoms with Gasteiger partial charge >= 0.3 is 0 Å². The summed E-state index contributed by atoms with van der Waals surface area (Å²) < 4.78 is 0. The molecule has 4 heteroatoms. The Bertz CT molecular complexity index is 99.9. The minimum atomic E-state index is -1.33. The second-order valence-corrected chi connectivity index (χ2v) is 25.7. The van der Waals surface area contributed by atoms with Gasteiger partial charge < -0.3 is 4.89 Å². The van der Waals surface area contributed by atoms with Crippen molar-refractivity contribution in [1.29, 1.82) is 0 Å². The molecule has 0 heterocycles. The molecule has 0 aliphatic rings. The first-order valence-electron chi connectivity index (χ1n) is 3.63. The predicted molar refractivity (Wildman–Crippen MR) is 53.6 cm³/mol. The Morgan fingerprint density at radius 3 is 1.00 bits per heavy atom. The van der Waals surface area contributed by atoms with Crippen LogP contribution in [-0.2, 0) is 0 Å². The molecule has 0 aliphatic heterocycles. The normalized spacial score (nSPS) is 14.4. The van der Waals surface area contributed by atoms with Crippen LogP contribution in [0.4, 0.5) is 0 Å². The van der Waals surface area contributed by atoms with Gasteiger partial charge in [-0.25, -0.2) is 7.24 Å². The molecule has 0 saturated heterocycles. The summed E-state index contributed by atoms with van der Waals surface area (Å²) in [4.78, 5) is 11.8. The molecule has 0 aromatic carbocycles. The van der Waals surface area contributed by atoms with Crippen LogP contribution in [0.1, 0.15) is 0 Å². The third-order valence-corrected chi connectivity index (χ3v) is 23.0. The van der Waals surface area contributed by atoms with Gasteiger partial charge in [0.2, 0.25) is 0 Å². The highest BCUT2D eigenvalue weighted by atomic mass is 31.6. The fraction of sp³-hybridized carbons (Fsp3) is 1.00. The molecule has 0 spiro atoms. The van der Waals surface area contributed by atoms with Gasteiger partial charge in [-0.3, -0.25) is 0 Å². The molecule has 0 amide bonds. The van der Waals surface area contributed by atoms with Crippen molar-refractivity contribution in [2.24, 2.45) is 0 Å². The average Bonchev–Trinajstić information content (AvgIpc) is 1.59. The monoisotopic (exact) mass is 193 g/mol. The highest BCUT2D eigenvalue weighted by Crippen LogP contribution is 2.47. The number of hydrogen-bond acceptors (Lipinski definition) is 1. The van der Waals surface area contributed by atoms with E-state index in [4.69, 9.17) is 0 Å². The van der Waals surface area contributed by atoms with E-state index in [1.165, 1.54) is 0 Å². The fourth-order valence-corrected chi connectivity index (χ4v) is 27.2. The molecule has 0 aromatic rings. The SMILES string of the molecule is C[Si](C)(C)P([O-])[Si](C)(C)C. The van der Waals surface area contributed by atoms with Gasteiger partial charge in [0.1, 0.15) is 0 Å². The lowest BCUT2D eigenvalue weighted by Crippen LogP contribution is -2.37. The van der Waals surface area contributed by atoms with Gasteiger partial charge in [0.15, 0.2) is 0 Å². The molecule has 0 fully saturated rings. The molecular formula is C6H18OPSi2-. The zero-order valence-corrected chi connectivity index (χ0v) is 10.7. The summed E-state index contributed by atoms with van der Waals surface area (Å²) in [5, 5.41) is 0. The highest BCUT2D eigenvalue weighted by molar-refractivity contribution is 8.14. The van der Waals surface area contributed by atoms with Crippen LogP contribution in [0.25, 0.3) is 0 Å². The van der Waals surface area contributed by atoms with E-state index in [2.05, 4.69) is 39.3 Å². The second-order valence-electron chi connectivity index (χ2n) is 4.64. The maximum Gasteiger partial charge on any atom is 0.0517 e. The van der Waals surface area contributed by atoms with Crippen molar-refractivity contribution in [2.45, 2.75) is 39.3 Å². The molecule has 0 N–H and O–H groups in total. The first-order valence-corrected chi connectivity index (χ1v) is 13.6. The van der Waals surface area contributed by atoms with Crippen molar-refractivity contribution in [3.05, 3.63) is 0 Å². The summed E-state index contributed by atoms with van der Waals surface area (Å²) in [5.74, 6) is 0. The van der Waals surface area contributed by atoms with E-state index in [0.717, 1.165) is 0 Å². The summed E-state index contributed by atoms with van der Waals surface area (Å²) in [6.07, 6.45) is 0. The largest absolute Gasteiger partial charge is 0.835 e. The molecule has 0 atom stereocenters. The van der Waals surface area contributed by atoms with Crippen molar-refractivity contribution in [2.75, 3.05) is 0 Å². The lowest BCUT2D eigenvalue weighted by Gasteiger charge is -2.45. The van der Waals surface area contributed by atoms with Gasteiger partial charge in [0, 0.05) is 0 Å². The standard InChI is InChI=1S/C6H18OPSi2/c1-9(2,3)8(7)10(4,5)6/h1-6H3/q-1. The predicted octanol–water partition coefficient (Wildman–Crippen LogP) is 2.41.